The molecule has 5 heteroatoms. The maximum absolute atomic E-state index is 12.2. The predicted molar refractivity (Wildman–Crippen MR) is 112 cm³/mol. The molecule has 4 rings (SSSR count). The van der Waals surface area contributed by atoms with Crippen LogP contribution in [0.5, 0.6) is 0 Å². The van der Waals surface area contributed by atoms with E-state index < -0.39 is 0 Å². The van der Waals surface area contributed by atoms with Crippen molar-refractivity contribution >= 4 is 50.7 Å². The van der Waals surface area contributed by atoms with E-state index in [1.54, 1.807) is 0 Å². The van der Waals surface area contributed by atoms with E-state index in [9.17, 15) is 4.79 Å². The topological polar surface area (TPSA) is 53.5 Å². The molecule has 26 heavy (non-hydrogen) atoms. The monoisotopic (exact) mass is 361 g/mol. The second-order valence-electron chi connectivity index (χ2n) is 6.11. The summed E-state index contributed by atoms with van der Waals surface area (Å²) in [6.45, 7) is 2.11. The minimum atomic E-state index is -0.0409. The summed E-state index contributed by atoms with van der Waals surface area (Å²) in [5.74, 6) is 0.264. The van der Waals surface area contributed by atoms with Crippen molar-refractivity contribution in [2.45, 2.75) is 13.3 Å². The minimum absolute atomic E-state index is 0.0409. The summed E-state index contributed by atoms with van der Waals surface area (Å²) in [6.07, 6.45) is 0.990. The fourth-order valence-corrected chi connectivity index (χ4v) is 3.68. The van der Waals surface area contributed by atoms with Crippen LogP contribution in [0.1, 0.15) is 12.5 Å². The largest absolute Gasteiger partial charge is 0.334 e. The van der Waals surface area contributed by atoms with Gasteiger partial charge in [0.1, 0.15) is 0 Å². The summed E-state index contributed by atoms with van der Waals surface area (Å²) in [6, 6.07) is 20.2. The van der Waals surface area contributed by atoms with Gasteiger partial charge in [0.15, 0.2) is 5.17 Å². The number of amidine groups is 1. The third-order valence-corrected chi connectivity index (χ3v) is 5.21. The average molecular weight is 361 g/mol. The van der Waals surface area contributed by atoms with Gasteiger partial charge in [-0.15, -0.1) is 0 Å². The molecule has 0 aromatic heterocycles. The number of thioether (sulfide) groups is 1. The number of nitrogens with one attached hydrogen (secondary N) is 2. The van der Waals surface area contributed by atoms with Crippen LogP contribution >= 0.6 is 11.8 Å². The molecule has 0 aliphatic carbocycles. The van der Waals surface area contributed by atoms with Crippen molar-refractivity contribution in [3.8, 4) is 0 Å². The molecule has 0 unspecified atom stereocenters. The fraction of sp³-hybridized carbons (Fsp3) is 0.143. The van der Waals surface area contributed by atoms with Crippen molar-refractivity contribution in [1.82, 2.24) is 0 Å². The zero-order valence-corrected chi connectivity index (χ0v) is 15.3. The molecule has 1 aliphatic heterocycles. The second-order valence-corrected chi connectivity index (χ2v) is 7.07. The SMILES string of the molecule is CCc1ccc(NC(=O)CSC2=Nc3cccc4cccc(c34)N2)cc1. The van der Waals surface area contributed by atoms with Crippen LogP contribution in [-0.2, 0) is 11.2 Å². The summed E-state index contributed by atoms with van der Waals surface area (Å²) in [5, 5.41) is 9.29. The minimum Gasteiger partial charge on any atom is -0.334 e. The zero-order chi connectivity index (χ0) is 17.9. The van der Waals surface area contributed by atoms with Crippen LogP contribution in [0.3, 0.4) is 0 Å². The summed E-state index contributed by atoms with van der Waals surface area (Å²) in [7, 11) is 0. The van der Waals surface area contributed by atoms with Crippen molar-refractivity contribution in [2.24, 2.45) is 4.99 Å². The predicted octanol–water partition coefficient (Wildman–Crippen LogP) is 5.19. The van der Waals surface area contributed by atoms with Crippen molar-refractivity contribution in [3.05, 3.63) is 66.2 Å². The molecule has 0 bridgehead atoms. The number of anilines is 2. The van der Waals surface area contributed by atoms with Crippen LogP contribution in [-0.4, -0.2) is 16.8 Å². The van der Waals surface area contributed by atoms with Gasteiger partial charge in [-0.3, -0.25) is 4.79 Å². The Hall–Kier alpha value is -2.79. The van der Waals surface area contributed by atoms with E-state index in [2.05, 4.69) is 34.7 Å². The smallest absolute Gasteiger partial charge is 0.234 e. The summed E-state index contributed by atoms with van der Waals surface area (Å²) in [4.78, 5) is 16.9. The lowest BCUT2D eigenvalue weighted by molar-refractivity contribution is -0.113. The van der Waals surface area contributed by atoms with E-state index in [1.165, 1.54) is 17.3 Å². The molecule has 1 aliphatic rings. The molecule has 3 aromatic carbocycles. The molecule has 0 saturated carbocycles. The first-order valence-corrected chi connectivity index (χ1v) is 9.60. The van der Waals surface area contributed by atoms with Gasteiger partial charge in [-0.25, -0.2) is 4.99 Å². The van der Waals surface area contributed by atoms with Crippen molar-refractivity contribution in [2.75, 3.05) is 16.4 Å². The molecule has 1 amide bonds. The zero-order valence-electron chi connectivity index (χ0n) is 14.5. The van der Waals surface area contributed by atoms with Crippen LogP contribution < -0.4 is 10.6 Å². The lowest BCUT2D eigenvalue weighted by Gasteiger charge is -2.18. The number of benzene rings is 3. The van der Waals surface area contributed by atoms with Crippen molar-refractivity contribution in [1.29, 1.82) is 0 Å². The molecule has 0 atom stereocenters. The number of hydrogen-bond acceptors (Lipinski definition) is 4. The first-order valence-electron chi connectivity index (χ1n) is 8.62. The maximum Gasteiger partial charge on any atom is 0.234 e. The molecule has 4 nitrogen and oxygen atoms in total. The number of rotatable bonds is 4. The Labute approximate surface area is 156 Å². The Bertz CT molecular complexity index is 991. The number of carbonyl (C=O) groups excluding carboxylic acids is 1. The third kappa shape index (κ3) is 3.44. The Morgan fingerprint density at radius 1 is 1.08 bits per heavy atom. The van der Waals surface area contributed by atoms with Gasteiger partial charge in [0.2, 0.25) is 5.91 Å². The van der Waals surface area contributed by atoms with Gasteiger partial charge in [-0.2, -0.15) is 0 Å². The quantitative estimate of drug-likeness (QED) is 0.672. The molecule has 0 radical (unpaired) electrons. The molecule has 0 fully saturated rings. The second kappa shape index (κ2) is 7.22. The number of aliphatic imine (C=N–C) groups is 1. The van der Waals surface area contributed by atoms with Gasteiger partial charge in [0.25, 0.3) is 0 Å². The van der Waals surface area contributed by atoms with E-state index in [1.807, 2.05) is 48.5 Å². The van der Waals surface area contributed by atoms with Gasteiger partial charge in [-0.05, 0) is 41.6 Å². The Balaban J connectivity index is 1.42. The number of nitrogens with zero attached hydrogens (tertiary/aromatic N) is 1. The number of aryl methyl sites for hydroxylation is 1. The van der Waals surface area contributed by atoms with Crippen LogP contribution in [0, 0.1) is 0 Å². The Morgan fingerprint density at radius 3 is 2.62 bits per heavy atom. The van der Waals surface area contributed by atoms with Crippen LogP contribution in [0.25, 0.3) is 10.8 Å². The highest BCUT2D eigenvalue weighted by atomic mass is 32.2. The van der Waals surface area contributed by atoms with E-state index in [4.69, 9.17) is 0 Å². The highest BCUT2D eigenvalue weighted by Crippen LogP contribution is 2.36. The summed E-state index contributed by atoms with van der Waals surface area (Å²) in [5.41, 5.74) is 4.05. The van der Waals surface area contributed by atoms with Gasteiger partial charge >= 0.3 is 0 Å². The van der Waals surface area contributed by atoms with Crippen LogP contribution in [0.15, 0.2) is 65.7 Å². The molecule has 130 valence electrons. The molecular formula is C21H19N3OS. The highest BCUT2D eigenvalue weighted by molar-refractivity contribution is 8.14. The van der Waals surface area contributed by atoms with Crippen molar-refractivity contribution < 1.29 is 4.79 Å². The fourth-order valence-electron chi connectivity index (χ4n) is 2.99. The van der Waals surface area contributed by atoms with E-state index in [0.29, 0.717) is 5.75 Å². The Morgan fingerprint density at radius 2 is 1.85 bits per heavy atom. The molecule has 3 aromatic rings. The first-order chi connectivity index (χ1) is 12.7. The lowest BCUT2D eigenvalue weighted by atomic mass is 10.1. The maximum atomic E-state index is 12.2. The summed E-state index contributed by atoms with van der Waals surface area (Å²) < 4.78 is 0. The molecule has 2 N–H and O–H groups in total. The van der Waals surface area contributed by atoms with Crippen LogP contribution in [0.4, 0.5) is 17.1 Å². The lowest BCUT2D eigenvalue weighted by Crippen LogP contribution is -2.18. The number of hydrogen-bond donors (Lipinski definition) is 2. The average Bonchev–Trinajstić information content (AvgIpc) is 2.67. The number of amides is 1. The molecule has 0 spiro atoms. The normalized spacial score (nSPS) is 12.4. The molecular weight excluding hydrogens is 342 g/mol. The van der Waals surface area contributed by atoms with E-state index in [0.717, 1.165) is 39.4 Å². The third-order valence-electron chi connectivity index (χ3n) is 4.33. The van der Waals surface area contributed by atoms with Gasteiger partial charge in [0.05, 0.1) is 17.1 Å². The first kappa shape index (κ1) is 16.7. The van der Waals surface area contributed by atoms with Gasteiger partial charge in [0, 0.05) is 11.1 Å². The van der Waals surface area contributed by atoms with Gasteiger partial charge < -0.3 is 10.6 Å². The van der Waals surface area contributed by atoms with Gasteiger partial charge in [-0.1, -0.05) is 55.1 Å². The van der Waals surface area contributed by atoms with E-state index >= 15 is 0 Å². The number of carbonyl (C=O) groups is 1. The highest BCUT2D eigenvalue weighted by Gasteiger charge is 2.15. The van der Waals surface area contributed by atoms with E-state index in [-0.39, 0.29) is 5.91 Å². The van der Waals surface area contributed by atoms with Crippen molar-refractivity contribution in [3.63, 3.8) is 0 Å². The standard InChI is InChI=1S/C21H19N3OS/c1-2-14-9-11-16(12-10-14)22-19(25)13-26-21-23-17-7-3-5-15-6-4-8-18(24-21)20(15)17/h3-12H,2,13H2,1H3,(H,22,25)(H,23,24). The molecule has 0 saturated heterocycles. The summed E-state index contributed by atoms with van der Waals surface area (Å²) >= 11 is 1.41. The molecule has 1 heterocycles. The van der Waals surface area contributed by atoms with Crippen LogP contribution in [0.2, 0.25) is 0 Å². The Kier molecular flexibility index (Phi) is 4.63.